The first kappa shape index (κ1) is 11.8. The van der Waals surface area contributed by atoms with Crippen molar-refractivity contribution in [1.29, 1.82) is 0 Å². The minimum Gasteiger partial charge on any atom is -0.469 e. The van der Waals surface area contributed by atoms with Gasteiger partial charge in [0.2, 0.25) is 5.91 Å². The molecule has 1 aromatic rings. The van der Waals surface area contributed by atoms with Gasteiger partial charge in [-0.15, -0.1) is 0 Å². The first-order chi connectivity index (χ1) is 7.13. The van der Waals surface area contributed by atoms with Gasteiger partial charge >= 0.3 is 0 Å². The number of hydrogen-bond donors (Lipinski definition) is 1. The number of rotatable bonds is 5. The van der Waals surface area contributed by atoms with Gasteiger partial charge < -0.3 is 9.73 Å². The maximum absolute atomic E-state index is 11.6. The van der Waals surface area contributed by atoms with Crippen molar-refractivity contribution in [2.75, 3.05) is 0 Å². The molecule has 0 saturated carbocycles. The molecule has 1 amide bonds. The summed E-state index contributed by atoms with van der Waals surface area (Å²) in [5.41, 5.74) is 0. The van der Waals surface area contributed by atoms with Crippen molar-refractivity contribution >= 4 is 5.91 Å². The van der Waals surface area contributed by atoms with Crippen LogP contribution in [0.3, 0.4) is 0 Å². The predicted molar refractivity (Wildman–Crippen MR) is 59.5 cm³/mol. The molecule has 3 heteroatoms. The Morgan fingerprint density at radius 2 is 2.27 bits per heavy atom. The summed E-state index contributed by atoms with van der Waals surface area (Å²) < 4.78 is 5.22. The minimum absolute atomic E-state index is 0.0871. The van der Waals surface area contributed by atoms with Crippen molar-refractivity contribution in [1.82, 2.24) is 5.32 Å². The molecule has 0 aliphatic rings. The average Bonchev–Trinajstić information content (AvgIpc) is 2.68. The lowest BCUT2D eigenvalue weighted by Crippen LogP contribution is -2.37. The van der Waals surface area contributed by atoms with Gasteiger partial charge in [0.1, 0.15) is 5.76 Å². The third kappa shape index (κ3) is 3.78. The van der Waals surface area contributed by atoms with E-state index in [2.05, 4.69) is 5.32 Å². The second-order valence-corrected chi connectivity index (χ2v) is 4.00. The van der Waals surface area contributed by atoms with E-state index in [-0.39, 0.29) is 17.9 Å². The summed E-state index contributed by atoms with van der Waals surface area (Å²) in [6.07, 6.45) is 3.27. The Kier molecular flexibility index (Phi) is 4.40. The Morgan fingerprint density at radius 3 is 2.80 bits per heavy atom. The van der Waals surface area contributed by atoms with Crippen LogP contribution >= 0.6 is 0 Å². The van der Waals surface area contributed by atoms with Gasteiger partial charge in [-0.05, 0) is 25.5 Å². The van der Waals surface area contributed by atoms with E-state index >= 15 is 0 Å². The smallest absolute Gasteiger partial charge is 0.223 e. The number of amides is 1. The van der Waals surface area contributed by atoms with E-state index in [1.54, 1.807) is 6.26 Å². The largest absolute Gasteiger partial charge is 0.469 e. The van der Waals surface area contributed by atoms with E-state index in [1.807, 2.05) is 32.9 Å². The summed E-state index contributed by atoms with van der Waals surface area (Å²) in [5, 5.41) is 2.97. The van der Waals surface area contributed by atoms with Crippen molar-refractivity contribution in [2.24, 2.45) is 5.92 Å². The molecule has 84 valence electrons. The lowest BCUT2D eigenvalue weighted by Gasteiger charge is -2.15. The second-order valence-electron chi connectivity index (χ2n) is 4.00. The molecule has 1 aromatic heterocycles. The normalized spacial score (nSPS) is 14.6. The van der Waals surface area contributed by atoms with Crippen LogP contribution in [0.5, 0.6) is 0 Å². The number of hydrogen-bond acceptors (Lipinski definition) is 2. The SMILES string of the molecule is CC[C@@H](C)C(=O)N[C@H](C)Cc1ccco1. The highest BCUT2D eigenvalue weighted by atomic mass is 16.3. The van der Waals surface area contributed by atoms with E-state index in [4.69, 9.17) is 4.42 Å². The van der Waals surface area contributed by atoms with E-state index in [0.29, 0.717) is 0 Å². The molecule has 3 nitrogen and oxygen atoms in total. The molecule has 0 aromatic carbocycles. The standard InChI is InChI=1S/C12H19NO2/c1-4-9(2)12(14)13-10(3)8-11-6-5-7-15-11/h5-7,9-10H,4,8H2,1-3H3,(H,13,14)/t9-,10-/m1/s1. The summed E-state index contributed by atoms with van der Waals surface area (Å²) >= 11 is 0. The molecule has 0 saturated heterocycles. The molecule has 0 radical (unpaired) electrons. The fourth-order valence-corrected chi connectivity index (χ4v) is 1.35. The molecule has 1 rings (SSSR count). The molecular weight excluding hydrogens is 190 g/mol. The molecule has 0 spiro atoms. The predicted octanol–water partition coefficient (Wildman–Crippen LogP) is 2.37. The molecule has 2 atom stereocenters. The number of carbonyl (C=O) groups excluding carboxylic acids is 1. The highest BCUT2D eigenvalue weighted by Gasteiger charge is 2.14. The van der Waals surface area contributed by atoms with E-state index in [0.717, 1.165) is 18.6 Å². The number of carbonyl (C=O) groups is 1. The molecule has 1 N–H and O–H groups in total. The van der Waals surface area contributed by atoms with Crippen LogP contribution in [-0.4, -0.2) is 11.9 Å². The van der Waals surface area contributed by atoms with Gasteiger partial charge in [-0.3, -0.25) is 4.79 Å². The van der Waals surface area contributed by atoms with Crippen molar-refractivity contribution in [3.05, 3.63) is 24.2 Å². The van der Waals surface area contributed by atoms with Crippen molar-refractivity contribution in [2.45, 2.75) is 39.7 Å². The van der Waals surface area contributed by atoms with Crippen LogP contribution in [0, 0.1) is 5.92 Å². The van der Waals surface area contributed by atoms with Crippen molar-refractivity contribution in [3.8, 4) is 0 Å². The Hall–Kier alpha value is -1.25. The minimum atomic E-state index is 0.0871. The summed E-state index contributed by atoms with van der Waals surface area (Å²) in [7, 11) is 0. The van der Waals surface area contributed by atoms with Crippen LogP contribution in [0.1, 0.15) is 33.0 Å². The molecule has 1 heterocycles. The van der Waals surface area contributed by atoms with Crippen LogP contribution in [0.25, 0.3) is 0 Å². The van der Waals surface area contributed by atoms with E-state index in [9.17, 15) is 4.79 Å². The molecule has 0 aliphatic heterocycles. The molecule has 0 bridgehead atoms. The number of nitrogens with one attached hydrogen (secondary N) is 1. The summed E-state index contributed by atoms with van der Waals surface area (Å²) in [6.45, 7) is 5.94. The maximum Gasteiger partial charge on any atom is 0.223 e. The fourth-order valence-electron chi connectivity index (χ4n) is 1.35. The Bertz CT molecular complexity index is 293. The van der Waals surface area contributed by atoms with Gasteiger partial charge in [0.25, 0.3) is 0 Å². The zero-order valence-electron chi connectivity index (χ0n) is 9.62. The molecule has 0 fully saturated rings. The summed E-state index contributed by atoms with van der Waals surface area (Å²) in [6, 6.07) is 3.91. The lowest BCUT2D eigenvalue weighted by atomic mass is 10.1. The molecule has 0 unspecified atom stereocenters. The van der Waals surface area contributed by atoms with Crippen molar-refractivity contribution in [3.63, 3.8) is 0 Å². The quantitative estimate of drug-likeness (QED) is 0.809. The van der Waals surface area contributed by atoms with Gasteiger partial charge in [0.15, 0.2) is 0 Å². The lowest BCUT2D eigenvalue weighted by molar-refractivity contribution is -0.125. The van der Waals surface area contributed by atoms with Crippen molar-refractivity contribution < 1.29 is 9.21 Å². The summed E-state index contributed by atoms with van der Waals surface area (Å²) in [5.74, 6) is 1.12. The third-order valence-electron chi connectivity index (χ3n) is 2.54. The van der Waals surface area contributed by atoms with Gasteiger partial charge in [0.05, 0.1) is 6.26 Å². The van der Waals surface area contributed by atoms with Crippen LogP contribution in [0.4, 0.5) is 0 Å². The third-order valence-corrected chi connectivity index (χ3v) is 2.54. The van der Waals surface area contributed by atoms with E-state index in [1.165, 1.54) is 0 Å². The Balaban J connectivity index is 2.36. The maximum atomic E-state index is 11.6. The Morgan fingerprint density at radius 1 is 1.53 bits per heavy atom. The second kappa shape index (κ2) is 5.59. The zero-order valence-corrected chi connectivity index (χ0v) is 9.62. The van der Waals surface area contributed by atoms with Crippen LogP contribution in [-0.2, 0) is 11.2 Å². The van der Waals surface area contributed by atoms with Gasteiger partial charge in [-0.1, -0.05) is 13.8 Å². The molecular formula is C12H19NO2. The first-order valence-electron chi connectivity index (χ1n) is 5.46. The zero-order chi connectivity index (χ0) is 11.3. The van der Waals surface area contributed by atoms with Crippen LogP contribution in [0.15, 0.2) is 22.8 Å². The van der Waals surface area contributed by atoms with Crippen LogP contribution < -0.4 is 5.32 Å². The van der Waals surface area contributed by atoms with Gasteiger partial charge in [0, 0.05) is 18.4 Å². The number of furan rings is 1. The topological polar surface area (TPSA) is 42.2 Å². The fraction of sp³-hybridized carbons (Fsp3) is 0.583. The van der Waals surface area contributed by atoms with Gasteiger partial charge in [-0.25, -0.2) is 0 Å². The highest BCUT2D eigenvalue weighted by molar-refractivity contribution is 5.78. The summed E-state index contributed by atoms with van der Waals surface area (Å²) in [4.78, 5) is 11.6. The van der Waals surface area contributed by atoms with E-state index < -0.39 is 0 Å². The van der Waals surface area contributed by atoms with Crippen LogP contribution in [0.2, 0.25) is 0 Å². The van der Waals surface area contributed by atoms with Gasteiger partial charge in [-0.2, -0.15) is 0 Å². The first-order valence-corrected chi connectivity index (χ1v) is 5.46. The monoisotopic (exact) mass is 209 g/mol. The molecule has 0 aliphatic carbocycles. The highest BCUT2D eigenvalue weighted by Crippen LogP contribution is 2.05. The Labute approximate surface area is 90.9 Å². The average molecular weight is 209 g/mol. The molecule has 15 heavy (non-hydrogen) atoms.